The van der Waals surface area contributed by atoms with E-state index in [0.717, 1.165) is 0 Å². The van der Waals surface area contributed by atoms with Crippen molar-refractivity contribution in [2.75, 3.05) is 26.3 Å². The summed E-state index contributed by atoms with van der Waals surface area (Å²) in [5, 5.41) is 10.8. The Bertz CT molecular complexity index is 507. The van der Waals surface area contributed by atoms with Gasteiger partial charge in [-0.3, -0.25) is 14.9 Å². The average Bonchev–Trinajstić information content (AvgIpc) is 2.46. The SMILES string of the molecule is O=C(/C=C/c1ccccc1[N+](=O)[O-])N1CCOCC1. The summed E-state index contributed by atoms with van der Waals surface area (Å²) in [6.45, 7) is 2.18. The van der Waals surface area contributed by atoms with Gasteiger partial charge in [-0.1, -0.05) is 12.1 Å². The van der Waals surface area contributed by atoms with Crippen LogP contribution in [0.5, 0.6) is 0 Å². The Hall–Kier alpha value is -2.21. The lowest BCUT2D eigenvalue weighted by molar-refractivity contribution is -0.385. The lowest BCUT2D eigenvalue weighted by atomic mass is 10.1. The zero-order chi connectivity index (χ0) is 13.7. The van der Waals surface area contributed by atoms with Crippen LogP contribution in [-0.4, -0.2) is 42.0 Å². The van der Waals surface area contributed by atoms with E-state index >= 15 is 0 Å². The molecule has 0 aliphatic carbocycles. The van der Waals surface area contributed by atoms with E-state index in [0.29, 0.717) is 31.9 Å². The predicted molar refractivity (Wildman–Crippen MR) is 69.5 cm³/mol. The molecule has 1 aliphatic heterocycles. The highest BCUT2D eigenvalue weighted by atomic mass is 16.6. The number of benzene rings is 1. The highest BCUT2D eigenvalue weighted by Gasteiger charge is 2.15. The van der Waals surface area contributed by atoms with E-state index in [4.69, 9.17) is 4.74 Å². The molecule has 2 rings (SSSR count). The number of nitrogens with zero attached hydrogens (tertiary/aromatic N) is 2. The fourth-order valence-electron chi connectivity index (χ4n) is 1.84. The average molecular weight is 262 g/mol. The number of nitro benzene ring substituents is 1. The molecule has 0 aromatic heterocycles. The van der Waals surface area contributed by atoms with Gasteiger partial charge in [-0.15, -0.1) is 0 Å². The van der Waals surface area contributed by atoms with E-state index in [9.17, 15) is 14.9 Å². The quantitative estimate of drug-likeness (QED) is 0.469. The molecule has 1 aliphatic rings. The fourth-order valence-corrected chi connectivity index (χ4v) is 1.84. The molecule has 1 saturated heterocycles. The summed E-state index contributed by atoms with van der Waals surface area (Å²) in [6, 6.07) is 6.32. The van der Waals surface area contributed by atoms with Gasteiger partial charge in [-0.2, -0.15) is 0 Å². The molecule has 0 saturated carbocycles. The van der Waals surface area contributed by atoms with Crippen LogP contribution in [0.15, 0.2) is 30.3 Å². The molecule has 0 atom stereocenters. The number of amides is 1. The van der Waals surface area contributed by atoms with Gasteiger partial charge in [0.15, 0.2) is 0 Å². The van der Waals surface area contributed by atoms with E-state index < -0.39 is 4.92 Å². The number of carbonyl (C=O) groups excluding carboxylic acids is 1. The number of ether oxygens (including phenoxy) is 1. The Balaban J connectivity index is 2.09. The summed E-state index contributed by atoms with van der Waals surface area (Å²) in [4.78, 5) is 23.9. The Morgan fingerprint density at radius 2 is 2.00 bits per heavy atom. The number of rotatable bonds is 3. The molecule has 0 bridgehead atoms. The number of carbonyl (C=O) groups is 1. The van der Waals surface area contributed by atoms with Gasteiger partial charge < -0.3 is 9.64 Å². The maximum atomic E-state index is 11.9. The first kappa shape index (κ1) is 13.2. The molecule has 19 heavy (non-hydrogen) atoms. The van der Waals surface area contributed by atoms with Gasteiger partial charge in [-0.05, 0) is 12.1 Å². The van der Waals surface area contributed by atoms with Crippen molar-refractivity contribution in [3.8, 4) is 0 Å². The minimum absolute atomic E-state index is 0.00599. The molecule has 1 aromatic carbocycles. The van der Waals surface area contributed by atoms with Gasteiger partial charge in [0.2, 0.25) is 5.91 Å². The molecular formula is C13H14N2O4. The second-order valence-corrected chi connectivity index (χ2v) is 4.09. The Labute approximate surface area is 110 Å². The van der Waals surface area contributed by atoms with Crippen molar-refractivity contribution in [1.82, 2.24) is 4.90 Å². The van der Waals surface area contributed by atoms with Crippen LogP contribution in [0.1, 0.15) is 5.56 Å². The molecule has 1 aromatic rings. The molecule has 1 fully saturated rings. The van der Waals surface area contributed by atoms with Crippen LogP contribution < -0.4 is 0 Å². The second kappa shape index (κ2) is 6.10. The summed E-state index contributed by atoms with van der Waals surface area (Å²) >= 11 is 0. The van der Waals surface area contributed by atoms with Gasteiger partial charge in [0.1, 0.15) is 0 Å². The molecule has 0 radical (unpaired) electrons. The summed E-state index contributed by atoms with van der Waals surface area (Å²) < 4.78 is 5.16. The Morgan fingerprint density at radius 3 is 2.68 bits per heavy atom. The van der Waals surface area contributed by atoms with E-state index in [-0.39, 0.29) is 11.6 Å². The van der Waals surface area contributed by atoms with Crippen molar-refractivity contribution in [1.29, 1.82) is 0 Å². The van der Waals surface area contributed by atoms with Crippen LogP contribution in [0.25, 0.3) is 6.08 Å². The molecule has 100 valence electrons. The van der Waals surface area contributed by atoms with Gasteiger partial charge in [0.25, 0.3) is 5.69 Å². The second-order valence-electron chi connectivity index (χ2n) is 4.09. The third-order valence-electron chi connectivity index (χ3n) is 2.86. The number of hydrogen-bond donors (Lipinski definition) is 0. The van der Waals surface area contributed by atoms with Crippen LogP contribution in [0.4, 0.5) is 5.69 Å². The summed E-state index contributed by atoms with van der Waals surface area (Å²) in [5.74, 6) is -0.151. The summed E-state index contributed by atoms with van der Waals surface area (Å²) in [7, 11) is 0. The number of para-hydroxylation sites is 1. The molecule has 6 nitrogen and oxygen atoms in total. The van der Waals surface area contributed by atoms with Crippen molar-refractivity contribution >= 4 is 17.7 Å². The first-order valence-corrected chi connectivity index (χ1v) is 5.96. The van der Waals surface area contributed by atoms with E-state index in [1.165, 1.54) is 18.2 Å². The predicted octanol–water partition coefficient (Wildman–Crippen LogP) is 1.47. The van der Waals surface area contributed by atoms with Crippen molar-refractivity contribution in [2.24, 2.45) is 0 Å². The van der Waals surface area contributed by atoms with E-state index in [1.54, 1.807) is 23.1 Å². The summed E-state index contributed by atoms with van der Waals surface area (Å²) in [5.41, 5.74) is 0.419. The lowest BCUT2D eigenvalue weighted by Gasteiger charge is -2.25. The molecule has 6 heteroatoms. The van der Waals surface area contributed by atoms with Gasteiger partial charge >= 0.3 is 0 Å². The minimum Gasteiger partial charge on any atom is -0.378 e. The van der Waals surface area contributed by atoms with E-state index in [1.807, 2.05) is 0 Å². The van der Waals surface area contributed by atoms with Crippen molar-refractivity contribution < 1.29 is 14.5 Å². The largest absolute Gasteiger partial charge is 0.378 e. The van der Waals surface area contributed by atoms with Crippen LogP contribution >= 0.6 is 0 Å². The van der Waals surface area contributed by atoms with Crippen molar-refractivity contribution in [3.63, 3.8) is 0 Å². The van der Waals surface area contributed by atoms with Crippen LogP contribution in [0.3, 0.4) is 0 Å². The Kier molecular flexibility index (Phi) is 4.25. The van der Waals surface area contributed by atoms with Gasteiger partial charge in [-0.25, -0.2) is 0 Å². The summed E-state index contributed by atoms with van der Waals surface area (Å²) in [6.07, 6.45) is 2.85. The third kappa shape index (κ3) is 3.38. The third-order valence-corrected chi connectivity index (χ3v) is 2.86. The first-order valence-electron chi connectivity index (χ1n) is 5.96. The molecule has 0 unspecified atom stereocenters. The van der Waals surface area contributed by atoms with Crippen LogP contribution in [-0.2, 0) is 9.53 Å². The molecule has 0 N–H and O–H groups in total. The lowest BCUT2D eigenvalue weighted by Crippen LogP contribution is -2.39. The normalized spacial score (nSPS) is 15.7. The first-order chi connectivity index (χ1) is 9.18. The van der Waals surface area contributed by atoms with Crippen molar-refractivity contribution in [2.45, 2.75) is 0 Å². The number of nitro groups is 1. The Morgan fingerprint density at radius 1 is 1.32 bits per heavy atom. The molecule has 1 amide bonds. The van der Waals surface area contributed by atoms with Gasteiger partial charge in [0, 0.05) is 25.2 Å². The van der Waals surface area contributed by atoms with Crippen molar-refractivity contribution in [3.05, 3.63) is 46.0 Å². The topological polar surface area (TPSA) is 72.7 Å². The molecule has 1 heterocycles. The standard InChI is InChI=1S/C13H14N2O4/c16-13(14-7-9-19-10-8-14)6-5-11-3-1-2-4-12(11)15(17)18/h1-6H,7-10H2/b6-5+. The molecule has 0 spiro atoms. The molecular weight excluding hydrogens is 248 g/mol. The van der Waals surface area contributed by atoms with Crippen LogP contribution in [0, 0.1) is 10.1 Å². The zero-order valence-electron chi connectivity index (χ0n) is 10.3. The maximum absolute atomic E-state index is 11.9. The highest BCUT2D eigenvalue weighted by molar-refractivity contribution is 5.92. The van der Waals surface area contributed by atoms with Crippen LogP contribution in [0.2, 0.25) is 0 Å². The smallest absolute Gasteiger partial charge is 0.276 e. The number of morpholine rings is 1. The van der Waals surface area contributed by atoms with E-state index in [2.05, 4.69) is 0 Å². The highest BCUT2D eigenvalue weighted by Crippen LogP contribution is 2.19. The van der Waals surface area contributed by atoms with Gasteiger partial charge in [0.05, 0.1) is 23.7 Å². The number of hydrogen-bond acceptors (Lipinski definition) is 4. The minimum atomic E-state index is -0.459. The fraction of sp³-hybridized carbons (Fsp3) is 0.308. The monoisotopic (exact) mass is 262 g/mol. The maximum Gasteiger partial charge on any atom is 0.276 e. The zero-order valence-corrected chi connectivity index (χ0v) is 10.3.